The zero-order chi connectivity index (χ0) is 7.84. The standard InChI is InChI=1S/C11H18/c1-8-5-9(2)11(6-8)7-10-3-4-10/h7-10H,3-6H2,1-2H3/b11-7+. The Hall–Kier alpha value is -0.260. The molecule has 2 fully saturated rings. The van der Waals surface area contributed by atoms with Crippen LogP contribution in [0.2, 0.25) is 0 Å². The molecule has 0 radical (unpaired) electrons. The molecule has 2 aliphatic rings. The molecule has 0 saturated heterocycles. The molecule has 2 saturated carbocycles. The second-order valence-corrected chi connectivity index (χ2v) is 4.53. The van der Waals surface area contributed by atoms with Crippen LogP contribution in [-0.4, -0.2) is 0 Å². The van der Waals surface area contributed by atoms with Crippen LogP contribution in [0, 0.1) is 17.8 Å². The van der Waals surface area contributed by atoms with Crippen LogP contribution in [-0.2, 0) is 0 Å². The molecule has 2 atom stereocenters. The van der Waals surface area contributed by atoms with Gasteiger partial charge in [0, 0.05) is 0 Å². The number of allylic oxidation sites excluding steroid dienone is 2. The van der Waals surface area contributed by atoms with E-state index in [0.717, 1.165) is 17.8 Å². The van der Waals surface area contributed by atoms with Crippen molar-refractivity contribution in [2.75, 3.05) is 0 Å². The van der Waals surface area contributed by atoms with Crippen LogP contribution in [0.5, 0.6) is 0 Å². The third-order valence-corrected chi connectivity index (χ3v) is 3.04. The Morgan fingerprint density at radius 3 is 2.45 bits per heavy atom. The lowest BCUT2D eigenvalue weighted by atomic mass is 10.0. The van der Waals surface area contributed by atoms with Gasteiger partial charge in [0.15, 0.2) is 0 Å². The Kier molecular flexibility index (Phi) is 1.78. The molecule has 0 bridgehead atoms. The summed E-state index contributed by atoms with van der Waals surface area (Å²) < 4.78 is 0. The third-order valence-electron chi connectivity index (χ3n) is 3.04. The average Bonchev–Trinajstić information content (AvgIpc) is 2.64. The van der Waals surface area contributed by atoms with Crippen molar-refractivity contribution in [3.63, 3.8) is 0 Å². The van der Waals surface area contributed by atoms with E-state index in [9.17, 15) is 0 Å². The van der Waals surface area contributed by atoms with E-state index in [-0.39, 0.29) is 0 Å². The van der Waals surface area contributed by atoms with E-state index in [0.29, 0.717) is 0 Å². The van der Waals surface area contributed by atoms with Crippen LogP contribution >= 0.6 is 0 Å². The van der Waals surface area contributed by atoms with Gasteiger partial charge in [-0.2, -0.15) is 0 Å². The zero-order valence-electron chi connectivity index (χ0n) is 7.64. The molecule has 0 aliphatic heterocycles. The number of rotatable bonds is 1. The van der Waals surface area contributed by atoms with E-state index >= 15 is 0 Å². The monoisotopic (exact) mass is 150 g/mol. The van der Waals surface area contributed by atoms with E-state index in [1.54, 1.807) is 5.57 Å². The van der Waals surface area contributed by atoms with Crippen molar-refractivity contribution in [1.29, 1.82) is 0 Å². The van der Waals surface area contributed by atoms with Gasteiger partial charge in [-0.15, -0.1) is 0 Å². The smallest absolute Gasteiger partial charge is 0.0229 e. The van der Waals surface area contributed by atoms with Gasteiger partial charge in [-0.1, -0.05) is 25.5 Å². The highest BCUT2D eigenvalue weighted by Crippen LogP contribution is 2.40. The van der Waals surface area contributed by atoms with Crippen molar-refractivity contribution in [3.8, 4) is 0 Å². The molecule has 2 aliphatic carbocycles. The zero-order valence-corrected chi connectivity index (χ0v) is 7.64. The Morgan fingerprint density at radius 1 is 1.27 bits per heavy atom. The minimum atomic E-state index is 0.894. The molecule has 0 aromatic heterocycles. The molecule has 0 heterocycles. The van der Waals surface area contributed by atoms with E-state index in [1.807, 2.05) is 0 Å². The lowest BCUT2D eigenvalue weighted by Gasteiger charge is -2.02. The molecule has 2 rings (SSSR count). The summed E-state index contributed by atoms with van der Waals surface area (Å²) in [6.45, 7) is 4.77. The quantitative estimate of drug-likeness (QED) is 0.503. The number of hydrogen-bond acceptors (Lipinski definition) is 0. The van der Waals surface area contributed by atoms with Gasteiger partial charge in [-0.25, -0.2) is 0 Å². The molecule has 11 heavy (non-hydrogen) atoms. The van der Waals surface area contributed by atoms with E-state index in [2.05, 4.69) is 19.9 Å². The minimum Gasteiger partial charge on any atom is -0.0819 e. The maximum Gasteiger partial charge on any atom is -0.0229 e. The van der Waals surface area contributed by atoms with Gasteiger partial charge in [0.25, 0.3) is 0 Å². The average molecular weight is 150 g/mol. The van der Waals surface area contributed by atoms with Gasteiger partial charge in [0.1, 0.15) is 0 Å². The van der Waals surface area contributed by atoms with Crippen molar-refractivity contribution >= 4 is 0 Å². The third kappa shape index (κ3) is 1.66. The van der Waals surface area contributed by atoms with Gasteiger partial charge < -0.3 is 0 Å². The fraction of sp³-hybridized carbons (Fsp3) is 0.818. The summed E-state index contributed by atoms with van der Waals surface area (Å²) in [5.74, 6) is 2.83. The summed E-state index contributed by atoms with van der Waals surface area (Å²) >= 11 is 0. The molecular weight excluding hydrogens is 132 g/mol. The summed E-state index contributed by atoms with van der Waals surface area (Å²) in [4.78, 5) is 0. The molecule has 0 aromatic rings. The van der Waals surface area contributed by atoms with Crippen molar-refractivity contribution in [2.24, 2.45) is 17.8 Å². The summed E-state index contributed by atoms with van der Waals surface area (Å²) in [5.41, 5.74) is 1.76. The van der Waals surface area contributed by atoms with Crippen LogP contribution in [0.1, 0.15) is 39.5 Å². The van der Waals surface area contributed by atoms with E-state index in [1.165, 1.54) is 25.7 Å². The van der Waals surface area contributed by atoms with Crippen LogP contribution in [0.4, 0.5) is 0 Å². The molecule has 0 N–H and O–H groups in total. The lowest BCUT2D eigenvalue weighted by molar-refractivity contribution is 0.563. The van der Waals surface area contributed by atoms with Gasteiger partial charge in [0.2, 0.25) is 0 Å². The van der Waals surface area contributed by atoms with Crippen LogP contribution < -0.4 is 0 Å². The first kappa shape index (κ1) is 7.39. The predicted octanol–water partition coefficient (Wildman–Crippen LogP) is 3.39. The highest BCUT2D eigenvalue weighted by Gasteiger charge is 2.26. The van der Waals surface area contributed by atoms with Crippen molar-refractivity contribution < 1.29 is 0 Å². The normalized spacial score (nSPS) is 41.8. The maximum atomic E-state index is 2.56. The molecule has 0 aromatic carbocycles. The van der Waals surface area contributed by atoms with Crippen molar-refractivity contribution in [1.82, 2.24) is 0 Å². The fourth-order valence-electron chi connectivity index (χ4n) is 2.24. The van der Waals surface area contributed by atoms with Crippen molar-refractivity contribution in [2.45, 2.75) is 39.5 Å². The minimum absolute atomic E-state index is 0.894. The van der Waals surface area contributed by atoms with Crippen LogP contribution in [0.25, 0.3) is 0 Å². The molecule has 0 nitrogen and oxygen atoms in total. The van der Waals surface area contributed by atoms with Crippen LogP contribution in [0.3, 0.4) is 0 Å². The van der Waals surface area contributed by atoms with E-state index in [4.69, 9.17) is 0 Å². The topological polar surface area (TPSA) is 0 Å². The molecule has 0 amide bonds. The molecule has 62 valence electrons. The fourth-order valence-corrected chi connectivity index (χ4v) is 2.24. The summed E-state index contributed by atoms with van der Waals surface area (Å²) in [7, 11) is 0. The second-order valence-electron chi connectivity index (χ2n) is 4.53. The highest BCUT2D eigenvalue weighted by atomic mass is 14.3. The molecule has 0 spiro atoms. The van der Waals surface area contributed by atoms with Gasteiger partial charge in [0.05, 0.1) is 0 Å². The van der Waals surface area contributed by atoms with Crippen LogP contribution in [0.15, 0.2) is 11.6 Å². The SMILES string of the molecule is CC1C/C(=C\C2CC2)C(C)C1. The summed E-state index contributed by atoms with van der Waals surface area (Å²) in [6.07, 6.45) is 8.31. The molecular formula is C11H18. The van der Waals surface area contributed by atoms with Gasteiger partial charge in [-0.3, -0.25) is 0 Å². The Labute approximate surface area is 69.7 Å². The first-order chi connectivity index (χ1) is 5.25. The Balaban J connectivity index is 2.01. The number of hydrogen-bond donors (Lipinski definition) is 0. The van der Waals surface area contributed by atoms with Crippen molar-refractivity contribution in [3.05, 3.63) is 11.6 Å². The molecule has 0 heteroatoms. The Morgan fingerprint density at radius 2 is 2.00 bits per heavy atom. The summed E-state index contributed by atoms with van der Waals surface area (Å²) in [5, 5.41) is 0. The largest absolute Gasteiger partial charge is 0.0819 e. The lowest BCUT2D eigenvalue weighted by Crippen LogP contribution is -1.88. The molecule has 2 unspecified atom stereocenters. The first-order valence-electron chi connectivity index (χ1n) is 4.96. The highest BCUT2D eigenvalue weighted by molar-refractivity contribution is 5.15. The maximum absolute atomic E-state index is 2.56. The van der Waals surface area contributed by atoms with E-state index < -0.39 is 0 Å². The van der Waals surface area contributed by atoms with Gasteiger partial charge in [-0.05, 0) is 43.4 Å². The summed E-state index contributed by atoms with van der Waals surface area (Å²) in [6, 6.07) is 0. The Bertz CT molecular complexity index is 174. The second kappa shape index (κ2) is 2.66. The van der Waals surface area contributed by atoms with Gasteiger partial charge >= 0.3 is 0 Å². The predicted molar refractivity (Wildman–Crippen MR) is 48.4 cm³/mol. The first-order valence-corrected chi connectivity index (χ1v) is 4.96.